The van der Waals surface area contributed by atoms with E-state index in [0.717, 1.165) is 25.7 Å². The summed E-state index contributed by atoms with van der Waals surface area (Å²) in [6.07, 6.45) is 4.41. The number of unbranched alkanes of at least 4 members (excludes halogenated alkanes) is 3. The Morgan fingerprint density at radius 3 is 2.50 bits per heavy atom. The van der Waals surface area contributed by atoms with Crippen LogP contribution in [0.2, 0.25) is 0 Å². The van der Waals surface area contributed by atoms with Crippen molar-refractivity contribution in [2.75, 3.05) is 13.7 Å². The van der Waals surface area contributed by atoms with E-state index in [0.29, 0.717) is 6.42 Å². The zero-order chi connectivity index (χ0) is 12.4. The number of hydrogen-bond acceptors (Lipinski definition) is 4. The highest BCUT2D eigenvalue weighted by molar-refractivity contribution is 5.84. The Morgan fingerprint density at radius 1 is 1.31 bits per heavy atom. The largest absolute Gasteiger partial charge is 0.467 e. The molecule has 1 atom stereocenters. The number of carbonyl (C=O) groups is 2. The third-order valence-electron chi connectivity index (χ3n) is 2.26. The molecule has 94 valence electrons. The molecule has 0 aromatic carbocycles. The lowest BCUT2D eigenvalue weighted by molar-refractivity contribution is -0.146. The molecule has 0 saturated carbocycles. The summed E-state index contributed by atoms with van der Waals surface area (Å²) < 4.78 is 4.43. The minimum absolute atomic E-state index is 0.222. The van der Waals surface area contributed by atoms with Crippen molar-refractivity contribution in [2.24, 2.45) is 0 Å². The fourth-order valence-electron chi connectivity index (χ4n) is 1.30. The number of amides is 1. The Morgan fingerprint density at radius 2 is 2.00 bits per heavy atom. The second-order valence-electron chi connectivity index (χ2n) is 3.64. The zero-order valence-corrected chi connectivity index (χ0v) is 9.99. The van der Waals surface area contributed by atoms with Gasteiger partial charge in [-0.1, -0.05) is 26.2 Å². The van der Waals surface area contributed by atoms with Gasteiger partial charge >= 0.3 is 5.97 Å². The fourth-order valence-corrected chi connectivity index (χ4v) is 1.30. The van der Waals surface area contributed by atoms with Crippen LogP contribution >= 0.6 is 0 Å². The number of methoxy groups -OCH3 is 1. The van der Waals surface area contributed by atoms with Gasteiger partial charge in [-0.2, -0.15) is 0 Å². The van der Waals surface area contributed by atoms with Gasteiger partial charge in [-0.15, -0.1) is 0 Å². The van der Waals surface area contributed by atoms with Gasteiger partial charge in [0.2, 0.25) is 5.91 Å². The van der Waals surface area contributed by atoms with Crippen LogP contribution in [0, 0.1) is 0 Å². The Balaban J connectivity index is 3.79. The highest BCUT2D eigenvalue weighted by Gasteiger charge is 2.19. The number of hydrogen-bond donors (Lipinski definition) is 2. The third-order valence-corrected chi connectivity index (χ3v) is 2.26. The van der Waals surface area contributed by atoms with Crippen molar-refractivity contribution < 1.29 is 19.4 Å². The molecule has 2 N–H and O–H groups in total. The summed E-state index contributed by atoms with van der Waals surface area (Å²) in [5.74, 6) is -0.843. The van der Waals surface area contributed by atoms with Gasteiger partial charge in [0.25, 0.3) is 0 Å². The maximum absolute atomic E-state index is 11.4. The van der Waals surface area contributed by atoms with Crippen molar-refractivity contribution in [2.45, 2.75) is 45.1 Å². The summed E-state index contributed by atoms with van der Waals surface area (Å²) in [6.45, 7) is 1.66. The van der Waals surface area contributed by atoms with E-state index in [2.05, 4.69) is 17.0 Å². The number of aliphatic hydroxyl groups is 1. The van der Waals surface area contributed by atoms with Crippen LogP contribution in [0.25, 0.3) is 0 Å². The van der Waals surface area contributed by atoms with E-state index < -0.39 is 18.6 Å². The average Bonchev–Trinajstić information content (AvgIpc) is 2.30. The molecular weight excluding hydrogens is 210 g/mol. The van der Waals surface area contributed by atoms with E-state index in [-0.39, 0.29) is 5.91 Å². The molecule has 0 heterocycles. The molecule has 0 aliphatic carbocycles. The van der Waals surface area contributed by atoms with Gasteiger partial charge in [-0.25, -0.2) is 4.79 Å². The number of nitrogens with one attached hydrogen (secondary N) is 1. The lowest BCUT2D eigenvalue weighted by atomic mass is 10.1. The molecular formula is C11H21NO4. The van der Waals surface area contributed by atoms with Crippen LogP contribution < -0.4 is 5.32 Å². The van der Waals surface area contributed by atoms with E-state index in [9.17, 15) is 9.59 Å². The minimum Gasteiger partial charge on any atom is -0.467 e. The van der Waals surface area contributed by atoms with Gasteiger partial charge < -0.3 is 15.2 Å². The lowest BCUT2D eigenvalue weighted by Crippen LogP contribution is -2.43. The van der Waals surface area contributed by atoms with Gasteiger partial charge in [0.1, 0.15) is 0 Å². The molecule has 0 saturated heterocycles. The SMILES string of the molecule is CCCCCCC(=O)N[C@@H](CO)C(=O)OC. The van der Waals surface area contributed by atoms with Gasteiger partial charge in [-0.05, 0) is 6.42 Å². The average molecular weight is 231 g/mol. The Bertz CT molecular complexity index is 218. The van der Waals surface area contributed by atoms with Crippen LogP contribution in [0.1, 0.15) is 39.0 Å². The normalized spacial score (nSPS) is 11.9. The summed E-state index contributed by atoms with van der Waals surface area (Å²) in [5.41, 5.74) is 0. The van der Waals surface area contributed by atoms with Crippen LogP contribution in [0.15, 0.2) is 0 Å². The molecule has 0 radical (unpaired) electrons. The van der Waals surface area contributed by atoms with E-state index in [1.54, 1.807) is 0 Å². The maximum atomic E-state index is 11.4. The highest BCUT2D eigenvalue weighted by Crippen LogP contribution is 2.02. The molecule has 0 rings (SSSR count). The van der Waals surface area contributed by atoms with Gasteiger partial charge in [0, 0.05) is 6.42 Å². The van der Waals surface area contributed by atoms with Crippen molar-refractivity contribution in [1.82, 2.24) is 5.32 Å². The molecule has 0 unspecified atom stereocenters. The number of esters is 1. The molecule has 0 aromatic rings. The summed E-state index contributed by atoms with van der Waals surface area (Å²) in [5, 5.41) is 11.3. The Hall–Kier alpha value is -1.10. The fraction of sp³-hybridized carbons (Fsp3) is 0.818. The summed E-state index contributed by atoms with van der Waals surface area (Å²) in [7, 11) is 1.22. The van der Waals surface area contributed by atoms with Crippen LogP contribution in [0.3, 0.4) is 0 Å². The predicted molar refractivity (Wildman–Crippen MR) is 59.8 cm³/mol. The van der Waals surface area contributed by atoms with E-state index in [1.165, 1.54) is 7.11 Å². The number of aliphatic hydroxyl groups excluding tert-OH is 1. The van der Waals surface area contributed by atoms with Gasteiger partial charge in [0.05, 0.1) is 13.7 Å². The molecule has 0 bridgehead atoms. The van der Waals surface area contributed by atoms with Gasteiger partial charge in [-0.3, -0.25) is 4.79 Å². The van der Waals surface area contributed by atoms with Crippen LogP contribution in [0.4, 0.5) is 0 Å². The van der Waals surface area contributed by atoms with Crippen LogP contribution in [-0.4, -0.2) is 36.7 Å². The summed E-state index contributed by atoms with van der Waals surface area (Å²) in [6, 6.07) is -0.941. The standard InChI is InChI=1S/C11H21NO4/c1-3-4-5-6-7-10(14)12-9(8-13)11(15)16-2/h9,13H,3-8H2,1-2H3,(H,12,14)/t9-/m0/s1. The Labute approximate surface area is 96.2 Å². The topological polar surface area (TPSA) is 75.6 Å². The second kappa shape index (κ2) is 9.15. The van der Waals surface area contributed by atoms with E-state index in [4.69, 9.17) is 5.11 Å². The molecule has 1 amide bonds. The smallest absolute Gasteiger partial charge is 0.330 e. The first-order valence-corrected chi connectivity index (χ1v) is 5.63. The number of rotatable bonds is 8. The number of carbonyl (C=O) groups excluding carboxylic acids is 2. The first-order chi connectivity index (χ1) is 7.65. The van der Waals surface area contributed by atoms with Crippen LogP contribution in [-0.2, 0) is 14.3 Å². The molecule has 0 aliphatic heterocycles. The molecule has 16 heavy (non-hydrogen) atoms. The molecule has 5 heteroatoms. The first kappa shape index (κ1) is 14.9. The molecule has 0 fully saturated rings. The van der Waals surface area contributed by atoms with E-state index >= 15 is 0 Å². The second-order valence-corrected chi connectivity index (χ2v) is 3.64. The number of ether oxygens (including phenoxy) is 1. The highest BCUT2D eigenvalue weighted by atomic mass is 16.5. The first-order valence-electron chi connectivity index (χ1n) is 5.63. The van der Waals surface area contributed by atoms with Crippen molar-refractivity contribution in [1.29, 1.82) is 0 Å². The molecule has 0 aromatic heterocycles. The van der Waals surface area contributed by atoms with Gasteiger partial charge in [0.15, 0.2) is 6.04 Å². The van der Waals surface area contributed by atoms with E-state index in [1.807, 2.05) is 0 Å². The molecule has 0 aliphatic rings. The lowest BCUT2D eigenvalue weighted by Gasteiger charge is -2.13. The predicted octanol–water partition coefficient (Wildman–Crippen LogP) is 0.607. The van der Waals surface area contributed by atoms with Crippen molar-refractivity contribution in [3.05, 3.63) is 0 Å². The minimum atomic E-state index is -0.941. The Kier molecular flexibility index (Phi) is 8.52. The molecule has 0 spiro atoms. The zero-order valence-electron chi connectivity index (χ0n) is 9.99. The summed E-state index contributed by atoms with van der Waals surface area (Å²) in [4.78, 5) is 22.4. The maximum Gasteiger partial charge on any atom is 0.330 e. The quantitative estimate of drug-likeness (QED) is 0.474. The molecule has 5 nitrogen and oxygen atoms in total. The van der Waals surface area contributed by atoms with Crippen LogP contribution in [0.5, 0.6) is 0 Å². The van der Waals surface area contributed by atoms with Crippen molar-refractivity contribution >= 4 is 11.9 Å². The van der Waals surface area contributed by atoms with Crippen molar-refractivity contribution in [3.63, 3.8) is 0 Å². The summed E-state index contributed by atoms with van der Waals surface area (Å²) >= 11 is 0. The van der Waals surface area contributed by atoms with Crippen molar-refractivity contribution in [3.8, 4) is 0 Å². The monoisotopic (exact) mass is 231 g/mol. The third kappa shape index (κ3) is 6.40.